The first-order valence-corrected chi connectivity index (χ1v) is 6.20. The van der Waals surface area contributed by atoms with Crippen LogP contribution in [-0.2, 0) is 14.2 Å². The van der Waals surface area contributed by atoms with Crippen molar-refractivity contribution in [3.63, 3.8) is 0 Å². The standard InChI is InChI=1S/C12H25NO5/c1-11(15,16-3)12(2,17-4)18-10-5-9(8-14)6-13-7-10/h9-10,13-15H,5-8H2,1-4H3. The van der Waals surface area contributed by atoms with Crippen LogP contribution in [0.25, 0.3) is 0 Å². The van der Waals surface area contributed by atoms with Gasteiger partial charge in [-0.05, 0) is 26.2 Å². The highest BCUT2D eigenvalue weighted by Crippen LogP contribution is 2.30. The minimum atomic E-state index is -1.55. The van der Waals surface area contributed by atoms with E-state index in [4.69, 9.17) is 19.3 Å². The van der Waals surface area contributed by atoms with Gasteiger partial charge >= 0.3 is 0 Å². The predicted octanol–water partition coefficient (Wildman–Crippen LogP) is -0.309. The van der Waals surface area contributed by atoms with E-state index in [2.05, 4.69) is 5.32 Å². The third-order valence-corrected chi connectivity index (χ3v) is 3.68. The van der Waals surface area contributed by atoms with Gasteiger partial charge in [0, 0.05) is 33.9 Å². The summed E-state index contributed by atoms with van der Waals surface area (Å²) in [6, 6.07) is 0. The summed E-state index contributed by atoms with van der Waals surface area (Å²) in [4.78, 5) is 0. The van der Waals surface area contributed by atoms with Gasteiger partial charge in [-0.2, -0.15) is 0 Å². The van der Waals surface area contributed by atoms with Crippen molar-refractivity contribution in [2.24, 2.45) is 5.92 Å². The number of piperidine rings is 1. The molecule has 0 aromatic carbocycles. The van der Waals surface area contributed by atoms with Crippen molar-refractivity contribution in [2.45, 2.75) is 37.9 Å². The van der Waals surface area contributed by atoms with E-state index < -0.39 is 11.6 Å². The molecule has 18 heavy (non-hydrogen) atoms. The van der Waals surface area contributed by atoms with E-state index in [9.17, 15) is 5.11 Å². The summed E-state index contributed by atoms with van der Waals surface area (Å²) in [5, 5.41) is 22.5. The molecular formula is C12H25NO5. The van der Waals surface area contributed by atoms with Crippen molar-refractivity contribution in [3.8, 4) is 0 Å². The SMILES string of the molecule is COC(C)(O)C(C)(OC)OC1CNCC(CO)C1. The Hall–Kier alpha value is -0.240. The summed E-state index contributed by atoms with van der Waals surface area (Å²) in [6.45, 7) is 4.70. The zero-order chi connectivity index (χ0) is 13.8. The number of hydrogen-bond acceptors (Lipinski definition) is 6. The molecule has 0 aromatic rings. The Balaban J connectivity index is 2.67. The molecule has 1 fully saturated rings. The molecule has 6 nitrogen and oxygen atoms in total. The van der Waals surface area contributed by atoms with Crippen molar-refractivity contribution < 1.29 is 24.4 Å². The monoisotopic (exact) mass is 263 g/mol. The highest BCUT2D eigenvalue weighted by atomic mass is 16.8. The van der Waals surface area contributed by atoms with Crippen LogP contribution < -0.4 is 5.32 Å². The molecular weight excluding hydrogens is 238 g/mol. The van der Waals surface area contributed by atoms with Gasteiger partial charge in [0.25, 0.3) is 0 Å². The van der Waals surface area contributed by atoms with Gasteiger partial charge in [0.2, 0.25) is 11.6 Å². The fraction of sp³-hybridized carbons (Fsp3) is 1.00. The molecule has 1 aliphatic heterocycles. The normalized spacial score (nSPS) is 31.7. The summed E-state index contributed by atoms with van der Waals surface area (Å²) in [7, 11) is 2.86. The fourth-order valence-electron chi connectivity index (χ4n) is 2.07. The number of ether oxygens (including phenoxy) is 3. The Kier molecular flexibility index (Phi) is 5.51. The second-order valence-electron chi connectivity index (χ2n) is 5.02. The number of nitrogens with one attached hydrogen (secondary N) is 1. The second kappa shape index (κ2) is 6.27. The quantitative estimate of drug-likeness (QED) is 0.571. The van der Waals surface area contributed by atoms with Crippen LogP contribution in [0.2, 0.25) is 0 Å². The van der Waals surface area contributed by atoms with Crippen LogP contribution in [0.5, 0.6) is 0 Å². The maximum atomic E-state index is 10.2. The van der Waals surface area contributed by atoms with E-state index in [1.54, 1.807) is 6.92 Å². The molecule has 4 unspecified atom stereocenters. The Morgan fingerprint density at radius 1 is 1.22 bits per heavy atom. The average Bonchev–Trinajstić information content (AvgIpc) is 2.38. The Morgan fingerprint density at radius 3 is 2.39 bits per heavy atom. The molecule has 0 aliphatic carbocycles. The van der Waals surface area contributed by atoms with E-state index in [0.29, 0.717) is 6.54 Å². The summed E-state index contributed by atoms with van der Waals surface area (Å²) >= 11 is 0. The van der Waals surface area contributed by atoms with Gasteiger partial charge in [0.1, 0.15) is 0 Å². The molecule has 6 heteroatoms. The average molecular weight is 263 g/mol. The minimum absolute atomic E-state index is 0.122. The third-order valence-electron chi connectivity index (χ3n) is 3.68. The van der Waals surface area contributed by atoms with Gasteiger partial charge in [-0.3, -0.25) is 0 Å². The van der Waals surface area contributed by atoms with E-state index in [1.807, 2.05) is 0 Å². The van der Waals surface area contributed by atoms with Gasteiger partial charge in [-0.25, -0.2) is 0 Å². The van der Waals surface area contributed by atoms with Gasteiger partial charge < -0.3 is 29.7 Å². The molecule has 4 atom stereocenters. The van der Waals surface area contributed by atoms with Gasteiger partial charge in [-0.1, -0.05) is 0 Å². The summed E-state index contributed by atoms with van der Waals surface area (Å²) in [5.74, 6) is -2.64. The summed E-state index contributed by atoms with van der Waals surface area (Å²) in [6.07, 6.45) is 0.588. The van der Waals surface area contributed by atoms with Crippen molar-refractivity contribution in [1.29, 1.82) is 0 Å². The maximum absolute atomic E-state index is 10.2. The maximum Gasteiger partial charge on any atom is 0.220 e. The molecule has 3 N–H and O–H groups in total. The number of methoxy groups -OCH3 is 2. The van der Waals surface area contributed by atoms with E-state index in [-0.39, 0.29) is 18.6 Å². The largest absolute Gasteiger partial charge is 0.396 e. The smallest absolute Gasteiger partial charge is 0.220 e. The van der Waals surface area contributed by atoms with Crippen LogP contribution in [0.1, 0.15) is 20.3 Å². The Bertz CT molecular complexity index is 261. The first-order chi connectivity index (χ1) is 8.38. The lowest BCUT2D eigenvalue weighted by atomic mass is 9.98. The molecule has 0 bridgehead atoms. The molecule has 1 aliphatic rings. The molecule has 1 saturated heterocycles. The van der Waals surface area contributed by atoms with Crippen LogP contribution in [0.3, 0.4) is 0 Å². The molecule has 0 spiro atoms. The number of hydrogen-bond donors (Lipinski definition) is 3. The van der Waals surface area contributed by atoms with E-state index in [1.165, 1.54) is 21.1 Å². The lowest BCUT2D eigenvalue weighted by Crippen LogP contribution is -2.58. The van der Waals surface area contributed by atoms with E-state index in [0.717, 1.165) is 13.0 Å². The van der Waals surface area contributed by atoms with Crippen LogP contribution in [0.15, 0.2) is 0 Å². The van der Waals surface area contributed by atoms with Gasteiger partial charge in [-0.15, -0.1) is 0 Å². The van der Waals surface area contributed by atoms with Gasteiger partial charge in [0.15, 0.2) is 0 Å². The highest BCUT2D eigenvalue weighted by molar-refractivity contribution is 4.84. The molecule has 0 amide bonds. The molecule has 1 heterocycles. The summed E-state index contributed by atoms with van der Waals surface area (Å²) < 4.78 is 16.1. The zero-order valence-corrected chi connectivity index (χ0v) is 11.6. The number of aliphatic hydroxyl groups is 2. The molecule has 1 rings (SSSR count). The molecule has 108 valence electrons. The topological polar surface area (TPSA) is 80.2 Å². The number of rotatable bonds is 6. The molecule has 0 saturated carbocycles. The number of aliphatic hydroxyl groups excluding tert-OH is 1. The molecule has 0 radical (unpaired) electrons. The van der Waals surface area contributed by atoms with Crippen molar-refractivity contribution in [3.05, 3.63) is 0 Å². The highest BCUT2D eigenvalue weighted by Gasteiger charge is 2.47. The minimum Gasteiger partial charge on any atom is -0.396 e. The van der Waals surface area contributed by atoms with Crippen LogP contribution in [0, 0.1) is 5.92 Å². The molecule has 0 aromatic heterocycles. The van der Waals surface area contributed by atoms with Crippen molar-refractivity contribution in [2.75, 3.05) is 33.9 Å². The first kappa shape index (κ1) is 15.8. The van der Waals surface area contributed by atoms with E-state index >= 15 is 0 Å². The second-order valence-corrected chi connectivity index (χ2v) is 5.02. The third kappa shape index (κ3) is 3.40. The van der Waals surface area contributed by atoms with Crippen LogP contribution in [-0.4, -0.2) is 61.8 Å². The van der Waals surface area contributed by atoms with Crippen molar-refractivity contribution in [1.82, 2.24) is 5.32 Å². The summed E-state index contributed by atoms with van der Waals surface area (Å²) in [5.41, 5.74) is 0. The predicted molar refractivity (Wildman–Crippen MR) is 66.0 cm³/mol. The lowest BCUT2D eigenvalue weighted by molar-refractivity contribution is -0.383. The van der Waals surface area contributed by atoms with Crippen LogP contribution >= 0.6 is 0 Å². The lowest BCUT2D eigenvalue weighted by Gasteiger charge is -2.43. The first-order valence-electron chi connectivity index (χ1n) is 6.20. The Labute approximate surface area is 108 Å². The fourth-order valence-corrected chi connectivity index (χ4v) is 2.07. The van der Waals surface area contributed by atoms with Crippen molar-refractivity contribution >= 4 is 0 Å². The Morgan fingerprint density at radius 2 is 1.89 bits per heavy atom. The van der Waals surface area contributed by atoms with Crippen LogP contribution in [0.4, 0.5) is 0 Å². The zero-order valence-electron chi connectivity index (χ0n) is 11.6. The van der Waals surface area contributed by atoms with Gasteiger partial charge in [0.05, 0.1) is 6.10 Å².